The molecule has 0 aliphatic carbocycles. The van der Waals surface area contributed by atoms with Gasteiger partial charge in [-0.05, 0) is 25.1 Å². The number of benzene rings is 1. The van der Waals surface area contributed by atoms with Gasteiger partial charge >= 0.3 is 0 Å². The highest BCUT2D eigenvalue weighted by atomic mass is 16.5. The summed E-state index contributed by atoms with van der Waals surface area (Å²) >= 11 is 0. The molecule has 1 aromatic rings. The highest BCUT2D eigenvalue weighted by Crippen LogP contribution is 2.32. The van der Waals surface area contributed by atoms with Crippen LogP contribution in [0.4, 0.5) is 11.4 Å². The summed E-state index contributed by atoms with van der Waals surface area (Å²) in [5, 5.41) is 8.54. The zero-order valence-corrected chi connectivity index (χ0v) is 11.8. The quantitative estimate of drug-likeness (QED) is 0.776. The summed E-state index contributed by atoms with van der Waals surface area (Å²) in [6.07, 6.45) is -0.502. The molecule has 6 nitrogen and oxygen atoms in total. The van der Waals surface area contributed by atoms with Crippen molar-refractivity contribution in [2.75, 3.05) is 17.2 Å². The van der Waals surface area contributed by atoms with Gasteiger partial charge in [-0.3, -0.25) is 9.59 Å². The van der Waals surface area contributed by atoms with E-state index in [1.807, 2.05) is 13.8 Å². The van der Waals surface area contributed by atoms with Crippen molar-refractivity contribution in [3.63, 3.8) is 0 Å². The third kappa shape index (κ3) is 3.48. The van der Waals surface area contributed by atoms with E-state index in [4.69, 9.17) is 4.74 Å². The van der Waals surface area contributed by atoms with Gasteiger partial charge in [0.1, 0.15) is 5.75 Å². The Morgan fingerprint density at radius 1 is 1.45 bits per heavy atom. The van der Waals surface area contributed by atoms with Crippen LogP contribution in [0.5, 0.6) is 5.75 Å². The number of hydrogen-bond acceptors (Lipinski definition) is 4. The normalized spacial score (nSPS) is 17.2. The van der Waals surface area contributed by atoms with E-state index in [0.717, 1.165) is 0 Å². The summed E-state index contributed by atoms with van der Waals surface area (Å²) in [4.78, 5) is 23.2. The van der Waals surface area contributed by atoms with Crippen LogP contribution in [0, 0.1) is 0 Å². The lowest BCUT2D eigenvalue weighted by molar-refractivity contribution is -0.122. The Bertz CT molecular complexity index is 528. The number of fused-ring (bicyclic) bond motifs is 1. The molecule has 0 radical (unpaired) electrons. The van der Waals surface area contributed by atoms with Crippen molar-refractivity contribution in [3.05, 3.63) is 18.2 Å². The molecule has 3 N–H and O–H groups in total. The number of nitrogens with one attached hydrogen (secondary N) is 3. The summed E-state index contributed by atoms with van der Waals surface area (Å²) in [5.41, 5.74) is 1.19. The van der Waals surface area contributed by atoms with E-state index >= 15 is 0 Å². The van der Waals surface area contributed by atoms with E-state index in [0.29, 0.717) is 17.1 Å². The Labute approximate surface area is 117 Å². The van der Waals surface area contributed by atoms with Gasteiger partial charge in [0.15, 0.2) is 6.10 Å². The maximum absolute atomic E-state index is 11.7. The van der Waals surface area contributed by atoms with E-state index in [1.54, 1.807) is 25.1 Å². The van der Waals surface area contributed by atoms with E-state index < -0.39 is 6.10 Å². The minimum Gasteiger partial charge on any atom is -0.479 e. The van der Waals surface area contributed by atoms with Gasteiger partial charge < -0.3 is 20.7 Å². The SMILES string of the molecule is CC(C)NCC(=O)Nc1ccc2c(c1)NC(=O)C(C)O2. The molecule has 1 heterocycles. The zero-order chi connectivity index (χ0) is 14.7. The molecule has 6 heteroatoms. The molecule has 1 aromatic carbocycles. The number of carbonyl (C=O) groups excluding carboxylic acids is 2. The van der Waals surface area contributed by atoms with Crippen LogP contribution in [-0.2, 0) is 9.59 Å². The van der Waals surface area contributed by atoms with E-state index in [1.165, 1.54) is 0 Å². The summed E-state index contributed by atoms with van der Waals surface area (Å²) < 4.78 is 5.45. The lowest BCUT2D eigenvalue weighted by Crippen LogP contribution is -2.34. The van der Waals surface area contributed by atoms with Gasteiger partial charge in [0, 0.05) is 11.7 Å². The fraction of sp³-hybridized carbons (Fsp3) is 0.429. The smallest absolute Gasteiger partial charge is 0.265 e. The summed E-state index contributed by atoms with van der Waals surface area (Å²) in [5.74, 6) is 0.285. The van der Waals surface area contributed by atoms with Gasteiger partial charge in [-0.2, -0.15) is 0 Å². The number of amides is 2. The van der Waals surface area contributed by atoms with Gasteiger partial charge in [-0.15, -0.1) is 0 Å². The molecule has 0 saturated heterocycles. The molecule has 108 valence electrons. The van der Waals surface area contributed by atoms with E-state index in [2.05, 4.69) is 16.0 Å². The first kappa shape index (κ1) is 14.3. The zero-order valence-electron chi connectivity index (χ0n) is 11.8. The maximum Gasteiger partial charge on any atom is 0.265 e. The van der Waals surface area contributed by atoms with Crippen molar-refractivity contribution in [3.8, 4) is 5.75 Å². The molecule has 0 spiro atoms. The molecule has 2 rings (SSSR count). The van der Waals surface area contributed by atoms with Gasteiger partial charge in [0.25, 0.3) is 5.91 Å². The first-order valence-electron chi connectivity index (χ1n) is 6.60. The fourth-order valence-corrected chi connectivity index (χ4v) is 1.79. The van der Waals surface area contributed by atoms with Crippen molar-refractivity contribution in [1.29, 1.82) is 0 Å². The predicted molar refractivity (Wildman–Crippen MR) is 76.9 cm³/mol. The van der Waals surface area contributed by atoms with Crippen molar-refractivity contribution >= 4 is 23.2 Å². The van der Waals surface area contributed by atoms with Crippen LogP contribution in [0.25, 0.3) is 0 Å². The molecule has 20 heavy (non-hydrogen) atoms. The maximum atomic E-state index is 11.7. The lowest BCUT2D eigenvalue weighted by Gasteiger charge is -2.23. The van der Waals surface area contributed by atoms with Crippen molar-refractivity contribution in [2.24, 2.45) is 0 Å². The first-order valence-corrected chi connectivity index (χ1v) is 6.60. The number of carbonyl (C=O) groups is 2. The van der Waals surface area contributed by atoms with Crippen LogP contribution in [0.15, 0.2) is 18.2 Å². The third-order valence-corrected chi connectivity index (χ3v) is 2.87. The lowest BCUT2D eigenvalue weighted by atomic mass is 10.2. The monoisotopic (exact) mass is 277 g/mol. The molecule has 1 aliphatic rings. The van der Waals surface area contributed by atoms with Gasteiger partial charge in [-0.25, -0.2) is 0 Å². The second-order valence-electron chi connectivity index (χ2n) is 5.04. The molecule has 1 atom stereocenters. The fourth-order valence-electron chi connectivity index (χ4n) is 1.79. The largest absolute Gasteiger partial charge is 0.479 e. The third-order valence-electron chi connectivity index (χ3n) is 2.87. The number of ether oxygens (including phenoxy) is 1. The highest BCUT2D eigenvalue weighted by Gasteiger charge is 2.23. The molecule has 0 aromatic heterocycles. The van der Waals surface area contributed by atoms with Crippen molar-refractivity contribution in [1.82, 2.24) is 5.32 Å². The average molecular weight is 277 g/mol. The van der Waals surface area contributed by atoms with E-state index in [-0.39, 0.29) is 24.4 Å². The van der Waals surface area contributed by atoms with Crippen LogP contribution in [0.1, 0.15) is 20.8 Å². The molecule has 0 saturated carbocycles. The molecular formula is C14H19N3O3. The molecule has 0 fully saturated rings. The second kappa shape index (κ2) is 5.92. The highest BCUT2D eigenvalue weighted by molar-refractivity contribution is 5.99. The standard InChI is InChI=1S/C14H19N3O3/c1-8(2)15-7-13(18)16-10-4-5-12-11(6-10)17-14(19)9(3)20-12/h4-6,8-9,15H,7H2,1-3H3,(H,16,18)(H,17,19). The Balaban J connectivity index is 2.02. The van der Waals surface area contributed by atoms with Crippen LogP contribution >= 0.6 is 0 Å². The van der Waals surface area contributed by atoms with Crippen LogP contribution in [0.2, 0.25) is 0 Å². The Morgan fingerprint density at radius 2 is 2.20 bits per heavy atom. The Kier molecular flexibility index (Phi) is 4.24. The van der Waals surface area contributed by atoms with Gasteiger partial charge in [-0.1, -0.05) is 13.8 Å². The molecule has 0 bridgehead atoms. The second-order valence-corrected chi connectivity index (χ2v) is 5.04. The van der Waals surface area contributed by atoms with Crippen LogP contribution in [-0.4, -0.2) is 30.5 Å². The average Bonchev–Trinajstić information content (AvgIpc) is 2.38. The molecule has 2 amide bonds. The van der Waals surface area contributed by atoms with Crippen LogP contribution < -0.4 is 20.7 Å². The van der Waals surface area contributed by atoms with Crippen LogP contribution in [0.3, 0.4) is 0 Å². The van der Waals surface area contributed by atoms with Crippen molar-refractivity contribution < 1.29 is 14.3 Å². The number of rotatable bonds is 4. The van der Waals surface area contributed by atoms with E-state index in [9.17, 15) is 9.59 Å². The van der Waals surface area contributed by atoms with Gasteiger partial charge in [0.05, 0.1) is 12.2 Å². The minimum atomic E-state index is -0.502. The number of anilines is 2. The topological polar surface area (TPSA) is 79.5 Å². The molecule has 1 unspecified atom stereocenters. The number of hydrogen-bond donors (Lipinski definition) is 3. The molecule has 1 aliphatic heterocycles. The minimum absolute atomic E-state index is 0.130. The summed E-state index contributed by atoms with van der Waals surface area (Å²) in [6, 6.07) is 5.41. The Hall–Kier alpha value is -2.08. The summed E-state index contributed by atoms with van der Waals surface area (Å²) in [7, 11) is 0. The van der Waals surface area contributed by atoms with Crippen molar-refractivity contribution in [2.45, 2.75) is 32.9 Å². The molecular weight excluding hydrogens is 258 g/mol. The predicted octanol–water partition coefficient (Wildman–Crippen LogP) is 1.34. The summed E-state index contributed by atoms with van der Waals surface area (Å²) in [6.45, 7) is 5.88. The first-order chi connectivity index (χ1) is 9.45. The Morgan fingerprint density at radius 3 is 2.90 bits per heavy atom. The van der Waals surface area contributed by atoms with Gasteiger partial charge in [0.2, 0.25) is 5.91 Å².